The number of carbonyl (C=O) groups excluding carboxylic acids is 1. The zero-order valence-electron chi connectivity index (χ0n) is 24.2. The van der Waals surface area contributed by atoms with Crippen LogP contribution in [0.2, 0.25) is 0 Å². The molecule has 5 heteroatoms. The number of amides is 1. The van der Waals surface area contributed by atoms with Crippen LogP contribution >= 0.6 is 0 Å². The maximum atomic E-state index is 11.7. The van der Waals surface area contributed by atoms with E-state index in [1.165, 1.54) is 27.9 Å². The normalized spacial score (nSPS) is 10.8. The molecule has 0 aliphatic rings. The van der Waals surface area contributed by atoms with Crippen molar-refractivity contribution < 1.29 is 9.53 Å². The van der Waals surface area contributed by atoms with Gasteiger partial charge in [-0.15, -0.1) is 0 Å². The van der Waals surface area contributed by atoms with Gasteiger partial charge in [-0.2, -0.15) is 0 Å². The van der Waals surface area contributed by atoms with Gasteiger partial charge in [0, 0.05) is 50.2 Å². The maximum Gasteiger partial charge on any atom is 0.221 e. The number of hydrogen-bond donors (Lipinski definition) is 1. The van der Waals surface area contributed by atoms with Gasteiger partial charge in [0.2, 0.25) is 5.91 Å². The van der Waals surface area contributed by atoms with Crippen LogP contribution in [0.15, 0.2) is 97.1 Å². The van der Waals surface area contributed by atoms with Gasteiger partial charge in [-0.1, -0.05) is 72.8 Å². The van der Waals surface area contributed by atoms with Crippen LogP contribution in [0.4, 0.5) is 17.1 Å². The first-order valence-corrected chi connectivity index (χ1v) is 14.0. The van der Waals surface area contributed by atoms with E-state index in [2.05, 4.69) is 120 Å². The van der Waals surface area contributed by atoms with Crippen LogP contribution in [0.3, 0.4) is 0 Å². The van der Waals surface area contributed by atoms with E-state index in [0.717, 1.165) is 43.1 Å². The van der Waals surface area contributed by atoms with Crippen molar-refractivity contribution in [1.82, 2.24) is 0 Å². The highest BCUT2D eigenvalue weighted by atomic mass is 16.5. The van der Waals surface area contributed by atoms with Gasteiger partial charge in [0.15, 0.2) is 0 Å². The zero-order chi connectivity index (χ0) is 28.3. The molecular weight excluding hydrogens is 494 g/mol. The number of nitrogens with zero attached hydrogens (tertiary/aromatic N) is 2. The Morgan fingerprint density at radius 3 is 1.65 bits per heavy atom. The second kappa shape index (κ2) is 14.3. The predicted octanol–water partition coefficient (Wildman–Crippen LogP) is 7.30. The third-order valence-corrected chi connectivity index (χ3v) is 7.20. The van der Waals surface area contributed by atoms with Crippen LogP contribution < -0.4 is 15.1 Å². The molecule has 0 aliphatic heterocycles. The number of ether oxygens (including phenoxy) is 1. The van der Waals surface area contributed by atoms with Crippen LogP contribution in [0.1, 0.15) is 34.7 Å². The van der Waals surface area contributed by atoms with E-state index in [-0.39, 0.29) is 5.91 Å². The Kier molecular flexibility index (Phi) is 10.4. The molecule has 0 aromatic heterocycles. The van der Waals surface area contributed by atoms with E-state index in [1.54, 1.807) is 6.92 Å². The first-order chi connectivity index (χ1) is 19.4. The van der Waals surface area contributed by atoms with Crippen molar-refractivity contribution in [3.8, 4) is 0 Å². The topological polar surface area (TPSA) is 44.8 Å². The van der Waals surface area contributed by atoms with Gasteiger partial charge in [-0.25, -0.2) is 0 Å². The second-order valence-electron chi connectivity index (χ2n) is 10.4. The lowest BCUT2D eigenvalue weighted by Gasteiger charge is -2.28. The molecule has 0 bridgehead atoms. The monoisotopic (exact) mass is 535 g/mol. The summed E-state index contributed by atoms with van der Waals surface area (Å²) in [7, 11) is 0. The van der Waals surface area contributed by atoms with Crippen molar-refractivity contribution in [3.05, 3.63) is 125 Å². The molecule has 4 aromatic carbocycles. The number of rotatable bonds is 13. The zero-order valence-corrected chi connectivity index (χ0v) is 24.2. The molecule has 0 heterocycles. The highest BCUT2D eigenvalue weighted by Gasteiger charge is 2.12. The molecule has 208 valence electrons. The molecule has 1 amide bonds. The SMILES string of the molecule is CC(=O)Nc1cc(N(CCOCCN(Cc2ccccc2)c2ccc(C)c(C)c2)Cc2ccccc2)ccc1C. The summed E-state index contributed by atoms with van der Waals surface area (Å²) in [6.07, 6.45) is 0. The summed E-state index contributed by atoms with van der Waals surface area (Å²) < 4.78 is 6.23. The minimum Gasteiger partial charge on any atom is -0.378 e. The van der Waals surface area contributed by atoms with E-state index in [1.807, 2.05) is 13.0 Å². The fourth-order valence-corrected chi connectivity index (χ4v) is 4.71. The maximum absolute atomic E-state index is 11.7. The number of benzene rings is 4. The molecular formula is C35H41N3O2. The van der Waals surface area contributed by atoms with Gasteiger partial charge >= 0.3 is 0 Å². The molecule has 4 aromatic rings. The van der Waals surface area contributed by atoms with E-state index in [4.69, 9.17) is 4.74 Å². The van der Waals surface area contributed by atoms with Crippen molar-refractivity contribution in [1.29, 1.82) is 0 Å². The first-order valence-electron chi connectivity index (χ1n) is 14.0. The average molecular weight is 536 g/mol. The molecule has 0 fully saturated rings. The van der Waals surface area contributed by atoms with E-state index < -0.39 is 0 Å². The number of anilines is 3. The minimum atomic E-state index is -0.0676. The highest BCUT2D eigenvalue weighted by Crippen LogP contribution is 2.25. The number of nitrogens with one attached hydrogen (secondary N) is 1. The molecule has 0 unspecified atom stereocenters. The van der Waals surface area contributed by atoms with Crippen molar-refractivity contribution >= 4 is 23.0 Å². The van der Waals surface area contributed by atoms with Crippen molar-refractivity contribution in [2.24, 2.45) is 0 Å². The van der Waals surface area contributed by atoms with Gasteiger partial charge in [0.05, 0.1) is 13.2 Å². The minimum absolute atomic E-state index is 0.0676. The van der Waals surface area contributed by atoms with Gasteiger partial charge in [-0.05, 0) is 72.9 Å². The van der Waals surface area contributed by atoms with E-state index >= 15 is 0 Å². The molecule has 0 spiro atoms. The Balaban J connectivity index is 1.42. The van der Waals surface area contributed by atoms with Gasteiger partial charge in [0.1, 0.15) is 0 Å². The Morgan fingerprint density at radius 1 is 0.650 bits per heavy atom. The van der Waals surface area contributed by atoms with Crippen LogP contribution in [0.25, 0.3) is 0 Å². The highest BCUT2D eigenvalue weighted by molar-refractivity contribution is 5.90. The summed E-state index contributed by atoms with van der Waals surface area (Å²) in [5.74, 6) is -0.0676. The Labute approximate surface area is 239 Å². The molecule has 40 heavy (non-hydrogen) atoms. The first kappa shape index (κ1) is 28.9. The molecule has 0 radical (unpaired) electrons. The summed E-state index contributed by atoms with van der Waals surface area (Å²) in [5, 5.41) is 2.96. The number of hydrogen-bond acceptors (Lipinski definition) is 4. The number of carbonyl (C=O) groups is 1. The van der Waals surface area contributed by atoms with Crippen molar-refractivity contribution in [3.63, 3.8) is 0 Å². The predicted molar refractivity (Wildman–Crippen MR) is 167 cm³/mol. The Morgan fingerprint density at radius 2 is 1.15 bits per heavy atom. The fraction of sp³-hybridized carbons (Fsp3) is 0.286. The summed E-state index contributed by atoms with van der Waals surface area (Å²) >= 11 is 0. The summed E-state index contributed by atoms with van der Waals surface area (Å²) in [6, 6.07) is 33.9. The quantitative estimate of drug-likeness (QED) is 0.183. The molecule has 0 atom stereocenters. The molecule has 5 nitrogen and oxygen atoms in total. The standard InChI is InChI=1S/C35H41N3O2/c1-27-15-17-33(23-29(27)3)37(25-31-11-7-5-8-12-31)19-21-40-22-20-38(26-32-13-9-6-10-14-32)34-18-16-28(2)35(24-34)36-30(4)39/h5-18,23-24H,19-22,25-26H2,1-4H3,(H,36,39). The third-order valence-electron chi connectivity index (χ3n) is 7.20. The lowest BCUT2D eigenvalue weighted by molar-refractivity contribution is -0.114. The second-order valence-corrected chi connectivity index (χ2v) is 10.4. The third kappa shape index (κ3) is 8.45. The van der Waals surface area contributed by atoms with Gasteiger partial charge < -0.3 is 19.9 Å². The van der Waals surface area contributed by atoms with Crippen LogP contribution in [-0.2, 0) is 22.6 Å². The molecule has 4 rings (SSSR count). The summed E-state index contributed by atoms with van der Waals surface area (Å²) in [5.41, 5.74) is 9.26. The molecule has 0 saturated carbocycles. The average Bonchev–Trinajstić information content (AvgIpc) is 2.95. The number of aryl methyl sites for hydroxylation is 3. The van der Waals surface area contributed by atoms with Gasteiger partial charge in [0.25, 0.3) is 0 Å². The Bertz CT molecular complexity index is 1370. The summed E-state index contributed by atoms with van der Waals surface area (Å²) in [6.45, 7) is 12.2. The van der Waals surface area contributed by atoms with E-state index in [9.17, 15) is 4.79 Å². The summed E-state index contributed by atoms with van der Waals surface area (Å²) in [4.78, 5) is 16.4. The van der Waals surface area contributed by atoms with Gasteiger partial charge in [-0.3, -0.25) is 4.79 Å². The molecule has 0 saturated heterocycles. The largest absolute Gasteiger partial charge is 0.378 e. The van der Waals surface area contributed by atoms with Crippen molar-refractivity contribution in [2.45, 2.75) is 40.8 Å². The van der Waals surface area contributed by atoms with Crippen LogP contribution in [-0.4, -0.2) is 32.2 Å². The van der Waals surface area contributed by atoms with E-state index in [0.29, 0.717) is 13.2 Å². The van der Waals surface area contributed by atoms with Crippen LogP contribution in [0, 0.1) is 20.8 Å². The van der Waals surface area contributed by atoms with Crippen LogP contribution in [0.5, 0.6) is 0 Å². The lowest BCUT2D eigenvalue weighted by atomic mass is 10.1. The smallest absolute Gasteiger partial charge is 0.221 e. The van der Waals surface area contributed by atoms with Crippen molar-refractivity contribution in [2.75, 3.05) is 41.4 Å². The Hall–Kier alpha value is -4.09. The fourth-order valence-electron chi connectivity index (χ4n) is 4.71. The lowest BCUT2D eigenvalue weighted by Crippen LogP contribution is -2.30. The molecule has 1 N–H and O–H groups in total. The molecule has 0 aliphatic carbocycles.